The van der Waals surface area contributed by atoms with E-state index < -0.39 is 0 Å². The molecular weight excluding hydrogens is 312 g/mol. The van der Waals surface area contributed by atoms with Gasteiger partial charge in [-0.1, -0.05) is 22.9 Å². The van der Waals surface area contributed by atoms with E-state index >= 15 is 0 Å². The largest absolute Gasteiger partial charge is 0.482 e. The van der Waals surface area contributed by atoms with Crippen molar-refractivity contribution in [2.24, 2.45) is 0 Å². The fourth-order valence-corrected chi connectivity index (χ4v) is 2.99. The number of benzene rings is 1. The highest BCUT2D eigenvalue weighted by Gasteiger charge is 2.26. The third-order valence-corrected chi connectivity index (χ3v) is 4.05. The third kappa shape index (κ3) is 2.93. The molecule has 0 spiro atoms. The molecule has 0 aliphatic carbocycles. The third-order valence-electron chi connectivity index (χ3n) is 2.95. The Morgan fingerprint density at radius 3 is 3.14 bits per heavy atom. The predicted molar refractivity (Wildman–Crippen MR) is 82.2 cm³/mol. The van der Waals surface area contributed by atoms with Gasteiger partial charge in [0.15, 0.2) is 6.61 Å². The number of carbonyl (C=O) groups is 1. The van der Waals surface area contributed by atoms with Crippen molar-refractivity contribution in [2.45, 2.75) is 13.5 Å². The van der Waals surface area contributed by atoms with Gasteiger partial charge in [0.05, 0.1) is 12.2 Å². The van der Waals surface area contributed by atoms with Crippen molar-refractivity contribution >= 4 is 39.7 Å². The monoisotopic (exact) mass is 324 g/mol. The van der Waals surface area contributed by atoms with Crippen molar-refractivity contribution in [1.82, 2.24) is 10.2 Å². The molecular formula is C13H13ClN4O2S. The molecule has 3 rings (SSSR count). The number of rotatable bonds is 4. The molecule has 0 fully saturated rings. The lowest BCUT2D eigenvalue weighted by molar-refractivity contribution is -0.121. The molecule has 0 atom stereocenters. The normalized spacial score (nSPS) is 13.8. The van der Waals surface area contributed by atoms with E-state index in [0.29, 0.717) is 23.0 Å². The first-order valence-electron chi connectivity index (χ1n) is 6.46. The van der Waals surface area contributed by atoms with Crippen molar-refractivity contribution in [3.63, 3.8) is 0 Å². The maximum absolute atomic E-state index is 12.1. The number of anilines is 2. The molecule has 6 nitrogen and oxygen atoms in total. The Bertz CT molecular complexity index is 676. The SMILES string of the molecule is CCNc1nnc(CN2C(=O)COc3ccc(Cl)cc32)s1. The van der Waals surface area contributed by atoms with Crippen LogP contribution in [0.4, 0.5) is 10.8 Å². The van der Waals surface area contributed by atoms with Crippen LogP contribution in [0.5, 0.6) is 5.75 Å². The molecule has 8 heteroatoms. The van der Waals surface area contributed by atoms with Crippen LogP contribution in [-0.4, -0.2) is 29.3 Å². The number of aromatic nitrogens is 2. The summed E-state index contributed by atoms with van der Waals surface area (Å²) in [6.45, 7) is 3.15. The summed E-state index contributed by atoms with van der Waals surface area (Å²) in [4.78, 5) is 13.7. The maximum atomic E-state index is 12.1. The number of hydrogen-bond acceptors (Lipinski definition) is 6. The number of halogens is 1. The van der Waals surface area contributed by atoms with Gasteiger partial charge in [0.1, 0.15) is 10.8 Å². The summed E-state index contributed by atoms with van der Waals surface area (Å²) in [5, 5.41) is 13.3. The summed E-state index contributed by atoms with van der Waals surface area (Å²) < 4.78 is 5.41. The summed E-state index contributed by atoms with van der Waals surface area (Å²) in [7, 11) is 0. The number of nitrogens with one attached hydrogen (secondary N) is 1. The fourth-order valence-electron chi connectivity index (χ4n) is 2.02. The Kier molecular flexibility index (Phi) is 3.94. The van der Waals surface area contributed by atoms with Gasteiger partial charge in [0.25, 0.3) is 5.91 Å². The molecule has 0 bridgehead atoms. The van der Waals surface area contributed by atoms with Crippen LogP contribution in [0, 0.1) is 0 Å². The first-order valence-corrected chi connectivity index (χ1v) is 7.66. The first kappa shape index (κ1) is 14.1. The van der Waals surface area contributed by atoms with Crippen molar-refractivity contribution in [1.29, 1.82) is 0 Å². The van der Waals surface area contributed by atoms with Gasteiger partial charge >= 0.3 is 0 Å². The second-order valence-electron chi connectivity index (χ2n) is 4.41. The first-order chi connectivity index (χ1) is 10.2. The Morgan fingerprint density at radius 2 is 2.33 bits per heavy atom. The fraction of sp³-hybridized carbons (Fsp3) is 0.308. The summed E-state index contributed by atoms with van der Waals surface area (Å²) in [5.74, 6) is 0.528. The quantitative estimate of drug-likeness (QED) is 0.936. The molecule has 2 heterocycles. The maximum Gasteiger partial charge on any atom is 0.265 e. The lowest BCUT2D eigenvalue weighted by Crippen LogP contribution is -2.38. The minimum atomic E-state index is -0.120. The van der Waals surface area contributed by atoms with E-state index in [0.717, 1.165) is 16.7 Å². The molecule has 1 aromatic heterocycles. The predicted octanol–water partition coefficient (Wildman–Crippen LogP) is 2.55. The molecule has 1 aliphatic rings. The van der Waals surface area contributed by atoms with Crippen LogP contribution in [0.3, 0.4) is 0 Å². The van der Waals surface area contributed by atoms with Crippen LogP contribution in [0.1, 0.15) is 11.9 Å². The Morgan fingerprint density at radius 1 is 1.48 bits per heavy atom. The highest BCUT2D eigenvalue weighted by atomic mass is 35.5. The zero-order valence-corrected chi connectivity index (χ0v) is 12.9. The standard InChI is InChI=1S/C13H13ClN4O2S/c1-2-15-13-17-16-11(21-13)6-18-9-5-8(14)3-4-10(9)20-7-12(18)19/h3-5H,2,6-7H2,1H3,(H,15,17). The average Bonchev–Trinajstić information content (AvgIpc) is 2.90. The Labute approximate surface area is 130 Å². The van der Waals surface area contributed by atoms with Gasteiger partial charge < -0.3 is 10.1 Å². The highest BCUT2D eigenvalue weighted by molar-refractivity contribution is 7.15. The molecule has 2 aromatic rings. The lowest BCUT2D eigenvalue weighted by atomic mass is 10.2. The van der Waals surface area contributed by atoms with Crippen molar-refractivity contribution in [3.8, 4) is 5.75 Å². The molecule has 0 radical (unpaired) electrons. The summed E-state index contributed by atoms with van der Waals surface area (Å²) in [5.41, 5.74) is 0.666. The minimum Gasteiger partial charge on any atom is -0.482 e. The van der Waals surface area contributed by atoms with Crippen LogP contribution in [-0.2, 0) is 11.3 Å². The van der Waals surface area contributed by atoms with Gasteiger partial charge in [-0.3, -0.25) is 9.69 Å². The van der Waals surface area contributed by atoms with Crippen LogP contribution < -0.4 is 15.0 Å². The van der Waals surface area contributed by atoms with E-state index in [4.69, 9.17) is 16.3 Å². The summed E-state index contributed by atoms with van der Waals surface area (Å²) in [6.07, 6.45) is 0. The van der Waals surface area contributed by atoms with Gasteiger partial charge in [-0.05, 0) is 25.1 Å². The molecule has 1 amide bonds. The molecule has 21 heavy (non-hydrogen) atoms. The van der Waals surface area contributed by atoms with Crippen LogP contribution in [0.2, 0.25) is 5.02 Å². The minimum absolute atomic E-state index is 0.0213. The molecule has 0 unspecified atom stereocenters. The Balaban J connectivity index is 1.87. The van der Waals surface area contributed by atoms with E-state index in [1.54, 1.807) is 23.1 Å². The van der Waals surface area contributed by atoms with Crippen molar-refractivity contribution in [2.75, 3.05) is 23.4 Å². The highest BCUT2D eigenvalue weighted by Crippen LogP contribution is 2.35. The summed E-state index contributed by atoms with van der Waals surface area (Å²) >= 11 is 7.44. The van der Waals surface area contributed by atoms with Crippen molar-refractivity contribution < 1.29 is 9.53 Å². The zero-order chi connectivity index (χ0) is 14.8. The van der Waals surface area contributed by atoms with Gasteiger partial charge in [-0.2, -0.15) is 0 Å². The van der Waals surface area contributed by atoms with Gasteiger partial charge in [-0.25, -0.2) is 0 Å². The molecule has 110 valence electrons. The van der Waals surface area contributed by atoms with Gasteiger partial charge in [-0.15, -0.1) is 10.2 Å². The average molecular weight is 325 g/mol. The van der Waals surface area contributed by atoms with E-state index in [1.807, 2.05) is 6.92 Å². The van der Waals surface area contributed by atoms with Crippen LogP contribution in [0.15, 0.2) is 18.2 Å². The van der Waals surface area contributed by atoms with Gasteiger partial charge in [0, 0.05) is 11.6 Å². The lowest BCUT2D eigenvalue weighted by Gasteiger charge is -2.28. The topological polar surface area (TPSA) is 67.4 Å². The number of ether oxygens (including phenoxy) is 1. The molecule has 0 saturated carbocycles. The van der Waals surface area contributed by atoms with Crippen LogP contribution >= 0.6 is 22.9 Å². The van der Waals surface area contributed by atoms with E-state index in [2.05, 4.69) is 15.5 Å². The number of nitrogens with zero attached hydrogens (tertiary/aromatic N) is 3. The van der Waals surface area contributed by atoms with Crippen molar-refractivity contribution in [3.05, 3.63) is 28.2 Å². The molecule has 1 aromatic carbocycles. The molecule has 1 N–H and O–H groups in total. The van der Waals surface area contributed by atoms with Gasteiger partial charge in [0.2, 0.25) is 5.13 Å². The number of hydrogen-bond donors (Lipinski definition) is 1. The number of amides is 1. The smallest absolute Gasteiger partial charge is 0.265 e. The summed E-state index contributed by atoms with van der Waals surface area (Å²) in [6, 6.07) is 5.23. The van der Waals surface area contributed by atoms with Crippen LogP contribution in [0.25, 0.3) is 0 Å². The second kappa shape index (κ2) is 5.87. The zero-order valence-electron chi connectivity index (χ0n) is 11.3. The van der Waals surface area contributed by atoms with E-state index in [1.165, 1.54) is 11.3 Å². The Hall–Kier alpha value is -1.86. The van der Waals surface area contributed by atoms with E-state index in [-0.39, 0.29) is 12.5 Å². The number of fused-ring (bicyclic) bond motifs is 1. The van der Waals surface area contributed by atoms with E-state index in [9.17, 15) is 4.79 Å². The second-order valence-corrected chi connectivity index (χ2v) is 5.91. The molecule has 0 saturated heterocycles. The molecule has 1 aliphatic heterocycles. The number of carbonyl (C=O) groups excluding carboxylic acids is 1.